The maximum atomic E-state index is 12.5. The number of nitrogens with one attached hydrogen (secondary N) is 2. The molecule has 4 fully saturated rings. The highest BCUT2D eigenvalue weighted by atomic mass is 16.5. The molecule has 2 aliphatic carbocycles. The van der Waals surface area contributed by atoms with Gasteiger partial charge in [0.2, 0.25) is 5.91 Å². The molecular formula is C32H46N6O2. The van der Waals surface area contributed by atoms with Crippen LogP contribution in [0.25, 0.3) is 0 Å². The van der Waals surface area contributed by atoms with Gasteiger partial charge in [-0.1, -0.05) is 30.8 Å². The molecule has 1 amide bonds. The normalized spacial score (nSPS) is 36.5. The second-order valence-electron chi connectivity index (χ2n) is 13.0. The molecule has 6 rings (SSSR count). The Morgan fingerprint density at radius 1 is 1.18 bits per heavy atom. The molecule has 8 nitrogen and oxygen atoms in total. The van der Waals surface area contributed by atoms with Gasteiger partial charge in [-0.2, -0.15) is 5.26 Å². The van der Waals surface area contributed by atoms with Crippen LogP contribution in [0.1, 0.15) is 56.1 Å². The van der Waals surface area contributed by atoms with E-state index in [1.54, 1.807) is 0 Å². The van der Waals surface area contributed by atoms with Gasteiger partial charge < -0.3 is 14.5 Å². The Bertz CT molecular complexity index is 1120. The van der Waals surface area contributed by atoms with Crippen molar-refractivity contribution in [1.82, 2.24) is 25.3 Å². The van der Waals surface area contributed by atoms with E-state index >= 15 is 0 Å². The fourth-order valence-electron chi connectivity index (χ4n) is 8.42. The van der Waals surface area contributed by atoms with Crippen molar-refractivity contribution < 1.29 is 9.53 Å². The van der Waals surface area contributed by atoms with Crippen LogP contribution in [0.2, 0.25) is 0 Å². The first kappa shape index (κ1) is 27.9. The minimum atomic E-state index is -0.200. The molecule has 0 bridgehead atoms. The molecule has 5 aliphatic rings. The highest BCUT2D eigenvalue weighted by Gasteiger charge is 2.50. The maximum Gasteiger partial charge on any atom is 0.246 e. The van der Waals surface area contributed by atoms with Crippen LogP contribution < -0.4 is 10.6 Å². The third-order valence-electron chi connectivity index (χ3n) is 10.7. The van der Waals surface area contributed by atoms with Crippen LogP contribution in [0.3, 0.4) is 0 Å². The number of carbonyl (C=O) groups excluding carboxylic acids is 1. The van der Waals surface area contributed by atoms with Crippen LogP contribution in [0, 0.1) is 22.7 Å². The van der Waals surface area contributed by atoms with E-state index in [1.807, 2.05) is 4.90 Å². The van der Waals surface area contributed by atoms with Crippen molar-refractivity contribution in [3.8, 4) is 6.07 Å². The van der Waals surface area contributed by atoms with Gasteiger partial charge in [0, 0.05) is 37.6 Å². The molecule has 1 aromatic carbocycles. The summed E-state index contributed by atoms with van der Waals surface area (Å²) in [5.74, 6) is 0.385. The minimum Gasteiger partial charge on any atom is -0.348 e. The molecular weight excluding hydrogens is 500 g/mol. The number of carbonyl (C=O) groups is 1. The summed E-state index contributed by atoms with van der Waals surface area (Å²) >= 11 is 0. The van der Waals surface area contributed by atoms with E-state index in [1.165, 1.54) is 68.6 Å². The first-order valence-corrected chi connectivity index (χ1v) is 15.4. The third-order valence-corrected chi connectivity index (χ3v) is 10.7. The smallest absolute Gasteiger partial charge is 0.246 e. The third kappa shape index (κ3) is 5.60. The quantitative estimate of drug-likeness (QED) is 0.531. The monoisotopic (exact) mass is 546 g/mol. The van der Waals surface area contributed by atoms with Gasteiger partial charge in [0.1, 0.15) is 0 Å². The Morgan fingerprint density at radius 3 is 2.80 bits per heavy atom. The van der Waals surface area contributed by atoms with E-state index < -0.39 is 0 Å². The molecule has 1 saturated carbocycles. The van der Waals surface area contributed by atoms with Crippen LogP contribution in [0.15, 0.2) is 36.9 Å². The molecule has 2 N–H and O–H groups in total. The molecule has 1 spiro atoms. The van der Waals surface area contributed by atoms with E-state index in [0.717, 1.165) is 19.7 Å². The highest BCUT2D eigenvalue weighted by molar-refractivity contribution is 5.87. The second-order valence-corrected chi connectivity index (χ2v) is 13.0. The number of nitrogens with zero attached hydrogens (tertiary/aromatic N) is 4. The fraction of sp³-hybridized carbons (Fsp3) is 0.688. The summed E-state index contributed by atoms with van der Waals surface area (Å²) < 4.78 is 6.57. The average Bonchev–Trinajstić information content (AvgIpc) is 3.39. The number of benzene rings is 1. The van der Waals surface area contributed by atoms with Gasteiger partial charge in [0.15, 0.2) is 6.35 Å². The summed E-state index contributed by atoms with van der Waals surface area (Å²) in [5.41, 5.74) is 3.42. The van der Waals surface area contributed by atoms with Crippen molar-refractivity contribution in [3.05, 3.63) is 48.0 Å². The van der Waals surface area contributed by atoms with Gasteiger partial charge in [-0.15, -0.1) is 0 Å². The lowest BCUT2D eigenvalue weighted by atomic mass is 9.59. The molecule has 7 atom stereocenters. The van der Waals surface area contributed by atoms with Gasteiger partial charge in [-0.25, -0.2) is 0 Å². The summed E-state index contributed by atoms with van der Waals surface area (Å²) in [5, 5.41) is 17.3. The van der Waals surface area contributed by atoms with Crippen LogP contribution in [-0.2, 0) is 22.4 Å². The number of likely N-dealkylation sites (tertiary alicyclic amines) is 1. The van der Waals surface area contributed by atoms with Gasteiger partial charge in [0.25, 0.3) is 0 Å². The zero-order valence-electron chi connectivity index (χ0n) is 24.1. The summed E-state index contributed by atoms with van der Waals surface area (Å²) in [6.45, 7) is 7.67. The van der Waals surface area contributed by atoms with Gasteiger partial charge in [-0.3, -0.25) is 20.3 Å². The Kier molecular flexibility index (Phi) is 8.30. The Balaban J connectivity index is 1.20. The Morgan fingerprint density at radius 2 is 2.02 bits per heavy atom. The molecule has 4 unspecified atom stereocenters. The summed E-state index contributed by atoms with van der Waals surface area (Å²) in [6, 6.07) is 12.1. The number of hydrogen-bond acceptors (Lipinski definition) is 7. The number of amides is 1. The molecule has 3 saturated heterocycles. The Hall–Kier alpha value is -2.28. The molecule has 216 valence electrons. The zero-order valence-corrected chi connectivity index (χ0v) is 24.1. The Labute approximate surface area is 239 Å². The lowest BCUT2D eigenvalue weighted by molar-refractivity contribution is -0.137. The SMILES string of the molecule is C=CC(=O)N1CCN(C2NC(OC[C@@H]3CCCN3C)NC3C[C@@]4(CCc5ccccc5C4)CCC32)C[C@@H]1CC#N. The first-order chi connectivity index (χ1) is 19.5. The number of rotatable bonds is 6. The summed E-state index contributed by atoms with van der Waals surface area (Å²) in [4.78, 5) is 19.3. The topological polar surface area (TPSA) is 83.9 Å². The van der Waals surface area contributed by atoms with Crippen LogP contribution >= 0.6 is 0 Å². The van der Waals surface area contributed by atoms with Crippen molar-refractivity contribution in [2.75, 3.05) is 39.8 Å². The molecule has 8 heteroatoms. The number of piperazine rings is 1. The van der Waals surface area contributed by atoms with E-state index in [0.29, 0.717) is 42.9 Å². The molecule has 0 radical (unpaired) electrons. The predicted octanol–water partition coefficient (Wildman–Crippen LogP) is 2.86. The van der Waals surface area contributed by atoms with Crippen LogP contribution in [0.5, 0.6) is 0 Å². The zero-order chi connectivity index (χ0) is 27.7. The molecule has 3 heterocycles. The number of nitriles is 1. The number of hydrogen-bond donors (Lipinski definition) is 2. The van der Waals surface area contributed by atoms with Crippen molar-refractivity contribution >= 4 is 5.91 Å². The van der Waals surface area contributed by atoms with E-state index in [-0.39, 0.29) is 24.5 Å². The molecule has 1 aromatic rings. The van der Waals surface area contributed by atoms with Gasteiger partial charge in [-0.05, 0) is 87.6 Å². The number of aryl methyl sites for hydroxylation is 1. The highest BCUT2D eigenvalue weighted by Crippen LogP contribution is 2.49. The molecule has 3 aliphatic heterocycles. The minimum absolute atomic E-state index is 0.0740. The van der Waals surface area contributed by atoms with E-state index in [4.69, 9.17) is 4.74 Å². The number of likely N-dealkylation sites (N-methyl/N-ethyl adjacent to an activating group) is 1. The van der Waals surface area contributed by atoms with Gasteiger partial charge in [0.05, 0.1) is 31.3 Å². The van der Waals surface area contributed by atoms with Crippen molar-refractivity contribution in [3.63, 3.8) is 0 Å². The largest absolute Gasteiger partial charge is 0.348 e. The predicted molar refractivity (Wildman–Crippen MR) is 155 cm³/mol. The summed E-state index contributed by atoms with van der Waals surface area (Å²) in [6.07, 6.45) is 11.3. The van der Waals surface area contributed by atoms with Crippen molar-refractivity contribution in [2.45, 2.75) is 88.4 Å². The lowest BCUT2D eigenvalue weighted by Gasteiger charge is -2.56. The summed E-state index contributed by atoms with van der Waals surface area (Å²) in [7, 11) is 2.20. The van der Waals surface area contributed by atoms with Gasteiger partial charge >= 0.3 is 0 Å². The number of fused-ring (bicyclic) bond motifs is 2. The van der Waals surface area contributed by atoms with Crippen LogP contribution in [0.4, 0.5) is 0 Å². The molecule has 0 aromatic heterocycles. The maximum absolute atomic E-state index is 12.5. The standard InChI is InChI=1S/C32H46N6O2/c1-3-29(39)38-18-17-37(21-25(38)12-15-33)30-27-11-14-32(13-10-23-7-4-5-8-24(23)19-32)20-28(27)34-31(35-30)40-22-26-9-6-16-36(26)2/h3-5,7-8,25-28,30-31,34-35H,1,6,9-14,16-22H2,2H3/t25-,26-,27?,28?,30?,31?,32-/m0/s1. The van der Waals surface area contributed by atoms with E-state index in [2.05, 4.69) is 64.4 Å². The first-order valence-electron chi connectivity index (χ1n) is 15.4. The second kappa shape index (κ2) is 11.9. The van der Waals surface area contributed by atoms with E-state index in [9.17, 15) is 10.1 Å². The number of ether oxygens (including phenoxy) is 1. The average molecular weight is 547 g/mol. The van der Waals surface area contributed by atoms with Crippen molar-refractivity contribution in [1.29, 1.82) is 5.26 Å². The molecule has 40 heavy (non-hydrogen) atoms. The fourth-order valence-corrected chi connectivity index (χ4v) is 8.42. The van der Waals surface area contributed by atoms with Crippen molar-refractivity contribution in [2.24, 2.45) is 11.3 Å². The lowest BCUT2D eigenvalue weighted by Crippen LogP contribution is -2.72. The van der Waals surface area contributed by atoms with Crippen LogP contribution in [-0.4, -0.2) is 91.1 Å².